The zero-order chi connectivity index (χ0) is 25.3. The second-order valence-corrected chi connectivity index (χ2v) is 9.56. The van der Waals surface area contributed by atoms with Gasteiger partial charge in [-0.2, -0.15) is 0 Å². The highest BCUT2D eigenvalue weighted by Gasteiger charge is 2.35. The van der Waals surface area contributed by atoms with Crippen molar-refractivity contribution in [2.24, 2.45) is 5.73 Å². The Morgan fingerprint density at radius 3 is 2.77 bits per heavy atom. The van der Waals surface area contributed by atoms with Crippen LogP contribution < -0.4 is 25.4 Å². The molecule has 0 saturated heterocycles. The number of aliphatic hydroxyl groups is 1. The number of carbonyl (C=O) groups excluding carboxylic acids is 2. The van der Waals surface area contributed by atoms with Crippen LogP contribution in [0.25, 0.3) is 10.8 Å². The Morgan fingerprint density at radius 2 is 2.06 bits per heavy atom. The number of aliphatic hydroxyl groups excluding tert-OH is 1. The van der Waals surface area contributed by atoms with Crippen LogP contribution in [0.3, 0.4) is 0 Å². The fraction of sp³-hybridized carbons (Fsp3) is 0.308. The number of ether oxygens (including phenoxy) is 2. The van der Waals surface area contributed by atoms with E-state index in [-0.39, 0.29) is 19.1 Å². The van der Waals surface area contributed by atoms with Crippen LogP contribution in [-0.2, 0) is 16.1 Å². The van der Waals surface area contributed by atoms with E-state index in [2.05, 4.69) is 21.2 Å². The maximum Gasteiger partial charge on any atom is 0.253 e. The van der Waals surface area contributed by atoms with E-state index in [0.29, 0.717) is 17.2 Å². The molecule has 2 amide bonds. The van der Waals surface area contributed by atoms with Crippen molar-refractivity contribution < 1.29 is 24.2 Å². The molecule has 35 heavy (non-hydrogen) atoms. The third-order valence-corrected chi connectivity index (χ3v) is 6.59. The lowest BCUT2D eigenvalue weighted by Gasteiger charge is -2.27. The summed E-state index contributed by atoms with van der Waals surface area (Å²) in [6, 6.07) is 13.2. The summed E-state index contributed by atoms with van der Waals surface area (Å²) >= 11 is 3.51. The molecule has 1 aliphatic rings. The molecule has 0 radical (unpaired) electrons. The number of carbonyl (C=O) groups is 2. The third kappa shape index (κ3) is 5.12. The lowest BCUT2D eigenvalue weighted by Crippen LogP contribution is -2.56. The van der Waals surface area contributed by atoms with E-state index in [4.69, 9.17) is 15.2 Å². The number of fused-ring (bicyclic) bond motifs is 2. The van der Waals surface area contributed by atoms with Crippen molar-refractivity contribution in [3.05, 3.63) is 64.1 Å². The summed E-state index contributed by atoms with van der Waals surface area (Å²) < 4.78 is 12.6. The van der Waals surface area contributed by atoms with Gasteiger partial charge in [-0.05, 0) is 60.5 Å². The molecule has 184 valence electrons. The van der Waals surface area contributed by atoms with E-state index in [1.54, 1.807) is 12.0 Å². The van der Waals surface area contributed by atoms with Gasteiger partial charge < -0.3 is 30.5 Å². The number of rotatable bonds is 6. The fourth-order valence-corrected chi connectivity index (χ4v) is 4.50. The number of nitrogens with two attached hydrogens (primary N) is 1. The summed E-state index contributed by atoms with van der Waals surface area (Å²) in [6.45, 7) is 3.48. The predicted molar refractivity (Wildman–Crippen MR) is 138 cm³/mol. The van der Waals surface area contributed by atoms with Gasteiger partial charge in [0.2, 0.25) is 5.91 Å². The standard InChI is InChI=1S/C26H28BrN3O5/c1-14-4-8-21-23(10-14)35-13-20(29-25(32)24(28)15(2)31)26(33)30(21)12-19-18-7-6-17(27)11-16(18)5-9-22(19)34-3/h4-11,15,20,24,31H,12-13,28H2,1-3H3,(H,29,32)/t15-,20-,24-/m0/s1. The van der Waals surface area contributed by atoms with Crippen molar-refractivity contribution >= 4 is 44.2 Å². The van der Waals surface area contributed by atoms with Gasteiger partial charge >= 0.3 is 0 Å². The van der Waals surface area contributed by atoms with Gasteiger partial charge in [0, 0.05) is 10.0 Å². The minimum absolute atomic E-state index is 0.0658. The maximum atomic E-state index is 13.8. The topological polar surface area (TPSA) is 114 Å². The predicted octanol–water partition coefficient (Wildman–Crippen LogP) is 3.04. The molecule has 0 unspecified atom stereocenters. The van der Waals surface area contributed by atoms with Crippen LogP contribution in [0.1, 0.15) is 18.1 Å². The van der Waals surface area contributed by atoms with Crippen molar-refractivity contribution in [1.29, 1.82) is 0 Å². The van der Waals surface area contributed by atoms with Crippen LogP contribution in [0.4, 0.5) is 5.69 Å². The summed E-state index contributed by atoms with van der Waals surface area (Å²) in [5.41, 5.74) is 8.18. The minimum atomic E-state index is -1.17. The Morgan fingerprint density at radius 1 is 1.29 bits per heavy atom. The summed E-state index contributed by atoms with van der Waals surface area (Å²) in [6.07, 6.45) is -1.06. The van der Waals surface area contributed by atoms with Crippen LogP contribution in [0.2, 0.25) is 0 Å². The Labute approximate surface area is 212 Å². The molecular formula is C26H28BrN3O5. The van der Waals surface area contributed by atoms with Crippen molar-refractivity contribution in [2.45, 2.75) is 38.6 Å². The number of benzene rings is 3. The first kappa shape index (κ1) is 25.0. The lowest BCUT2D eigenvalue weighted by atomic mass is 10.0. The molecule has 0 bridgehead atoms. The highest BCUT2D eigenvalue weighted by Crippen LogP contribution is 2.37. The number of methoxy groups -OCH3 is 1. The molecule has 4 N–H and O–H groups in total. The number of aryl methyl sites for hydroxylation is 1. The van der Waals surface area contributed by atoms with Crippen molar-refractivity contribution in [3.63, 3.8) is 0 Å². The molecule has 0 aliphatic carbocycles. The van der Waals surface area contributed by atoms with Gasteiger partial charge in [0.25, 0.3) is 5.91 Å². The van der Waals surface area contributed by atoms with Crippen molar-refractivity contribution in [2.75, 3.05) is 18.6 Å². The summed E-state index contributed by atoms with van der Waals surface area (Å²) in [4.78, 5) is 28.0. The fourth-order valence-electron chi connectivity index (χ4n) is 4.12. The van der Waals surface area contributed by atoms with Crippen molar-refractivity contribution in [3.8, 4) is 11.5 Å². The first-order valence-electron chi connectivity index (χ1n) is 11.2. The minimum Gasteiger partial charge on any atom is -0.496 e. The van der Waals surface area contributed by atoms with Gasteiger partial charge in [-0.1, -0.05) is 34.1 Å². The number of anilines is 1. The number of hydrogen-bond donors (Lipinski definition) is 3. The van der Waals surface area contributed by atoms with Gasteiger partial charge in [0.1, 0.15) is 30.2 Å². The van der Waals surface area contributed by atoms with Crippen molar-refractivity contribution in [1.82, 2.24) is 5.32 Å². The van der Waals surface area contributed by atoms with Gasteiger partial charge in [-0.3, -0.25) is 9.59 Å². The monoisotopic (exact) mass is 541 g/mol. The Hall–Kier alpha value is -3.14. The molecule has 3 aromatic rings. The summed E-state index contributed by atoms with van der Waals surface area (Å²) in [7, 11) is 1.59. The molecule has 8 nitrogen and oxygen atoms in total. The molecule has 0 aromatic heterocycles. The molecule has 0 saturated carbocycles. The Kier molecular flexibility index (Phi) is 7.30. The maximum absolute atomic E-state index is 13.8. The second kappa shape index (κ2) is 10.2. The van der Waals surface area contributed by atoms with E-state index in [1.807, 2.05) is 55.5 Å². The molecule has 9 heteroatoms. The van der Waals surface area contributed by atoms with Crippen LogP contribution in [0.5, 0.6) is 11.5 Å². The van der Waals surface area contributed by atoms with Crippen LogP contribution in [0, 0.1) is 6.92 Å². The van der Waals surface area contributed by atoms with Crippen LogP contribution >= 0.6 is 15.9 Å². The molecule has 1 heterocycles. The highest BCUT2D eigenvalue weighted by molar-refractivity contribution is 9.10. The molecule has 1 aliphatic heterocycles. The number of nitrogens with one attached hydrogen (secondary N) is 1. The van der Waals surface area contributed by atoms with Gasteiger partial charge in [-0.15, -0.1) is 0 Å². The highest BCUT2D eigenvalue weighted by atomic mass is 79.9. The molecular weight excluding hydrogens is 514 g/mol. The summed E-state index contributed by atoms with van der Waals surface area (Å²) in [5.74, 6) is 0.201. The molecule has 0 spiro atoms. The molecule has 0 fully saturated rings. The number of hydrogen-bond acceptors (Lipinski definition) is 6. The Balaban J connectivity index is 1.78. The third-order valence-electron chi connectivity index (χ3n) is 6.10. The van der Waals surface area contributed by atoms with Crippen LogP contribution in [-0.4, -0.2) is 48.8 Å². The zero-order valence-electron chi connectivity index (χ0n) is 19.7. The quantitative estimate of drug-likeness (QED) is 0.442. The van der Waals surface area contributed by atoms with E-state index in [0.717, 1.165) is 26.4 Å². The van der Waals surface area contributed by atoms with Gasteiger partial charge in [-0.25, -0.2) is 0 Å². The SMILES string of the molecule is COc1ccc2cc(Br)ccc2c1CN1C(=O)[C@@H](NC(=O)[C@@H](N)[C@H](C)O)COc2cc(C)ccc21. The largest absolute Gasteiger partial charge is 0.496 e. The molecule has 3 aromatic carbocycles. The first-order chi connectivity index (χ1) is 16.7. The van der Waals surface area contributed by atoms with E-state index in [9.17, 15) is 14.7 Å². The smallest absolute Gasteiger partial charge is 0.253 e. The average Bonchev–Trinajstić information content (AvgIpc) is 2.95. The average molecular weight is 542 g/mol. The Bertz CT molecular complexity index is 1280. The number of nitrogens with zero attached hydrogens (tertiary/aromatic N) is 1. The summed E-state index contributed by atoms with van der Waals surface area (Å²) in [5, 5.41) is 14.3. The van der Waals surface area contributed by atoms with E-state index < -0.39 is 24.1 Å². The van der Waals surface area contributed by atoms with E-state index in [1.165, 1.54) is 6.92 Å². The molecule has 4 rings (SSSR count). The normalized spacial score (nSPS) is 17.3. The number of halogens is 1. The van der Waals surface area contributed by atoms with Crippen LogP contribution in [0.15, 0.2) is 53.0 Å². The lowest BCUT2D eigenvalue weighted by molar-refractivity contribution is -0.130. The molecule has 3 atom stereocenters. The first-order valence-corrected chi connectivity index (χ1v) is 12.0. The van der Waals surface area contributed by atoms with E-state index >= 15 is 0 Å². The second-order valence-electron chi connectivity index (χ2n) is 8.65. The number of amides is 2. The van der Waals surface area contributed by atoms with Gasteiger partial charge in [0.15, 0.2) is 0 Å². The zero-order valence-corrected chi connectivity index (χ0v) is 21.3. The van der Waals surface area contributed by atoms with Gasteiger partial charge in [0.05, 0.1) is 25.4 Å².